The van der Waals surface area contributed by atoms with Crippen LogP contribution in [0.15, 0.2) is 58.0 Å². The second kappa shape index (κ2) is 7.81. The molecule has 32 heavy (non-hydrogen) atoms. The molecule has 0 radical (unpaired) electrons. The predicted molar refractivity (Wildman–Crippen MR) is 120 cm³/mol. The minimum Gasteiger partial charge on any atom is -0.502 e. The molecule has 0 atom stereocenters. The summed E-state index contributed by atoms with van der Waals surface area (Å²) in [6.45, 7) is 0. The van der Waals surface area contributed by atoms with E-state index in [4.69, 9.17) is 4.42 Å². The van der Waals surface area contributed by atoms with Crippen LogP contribution in [0.4, 0.5) is 5.69 Å². The summed E-state index contributed by atoms with van der Waals surface area (Å²) in [4.78, 5) is 23.5. The van der Waals surface area contributed by atoms with Gasteiger partial charge < -0.3 is 9.52 Å². The molecule has 1 heterocycles. The van der Waals surface area contributed by atoms with E-state index in [1.807, 2.05) is 30.3 Å². The van der Waals surface area contributed by atoms with E-state index in [2.05, 4.69) is 10.5 Å². The van der Waals surface area contributed by atoms with E-state index in [0.29, 0.717) is 16.5 Å². The predicted octanol–water partition coefficient (Wildman–Crippen LogP) is 4.84. The van der Waals surface area contributed by atoms with Gasteiger partial charge in [0.25, 0.3) is 5.91 Å². The summed E-state index contributed by atoms with van der Waals surface area (Å²) in [5.41, 5.74) is 3.89. The Morgan fingerprint density at radius 2 is 1.94 bits per heavy atom. The molecule has 160 valence electrons. The molecule has 0 bridgehead atoms. The van der Waals surface area contributed by atoms with Gasteiger partial charge in [-0.2, -0.15) is 5.10 Å². The van der Waals surface area contributed by atoms with Crippen LogP contribution in [0.5, 0.6) is 5.75 Å². The molecule has 1 aliphatic rings. The molecule has 8 heteroatoms. The first-order chi connectivity index (χ1) is 15.5. The van der Waals surface area contributed by atoms with Crippen LogP contribution in [0.25, 0.3) is 21.7 Å². The standard InChI is InChI=1S/C24H19N3O5/c28-23-18(13-25-26-24(29)16-10-5-7-14-6-1-2-8-15(14)16)22-17-9-3-4-11-20(17)32-21(22)12-19(23)27(30)31/h1-2,5-8,10,12-13,28H,3-4,9,11H2,(H,26,29)/b25-13+. The summed E-state index contributed by atoms with van der Waals surface area (Å²) >= 11 is 0. The maximum absolute atomic E-state index is 12.7. The molecule has 3 aromatic carbocycles. The number of rotatable bonds is 4. The fraction of sp³-hybridized carbons (Fsp3) is 0.167. The zero-order chi connectivity index (χ0) is 22.2. The minimum absolute atomic E-state index is 0.166. The number of hydrazone groups is 1. The van der Waals surface area contributed by atoms with Crippen LogP contribution in [0.2, 0.25) is 0 Å². The van der Waals surface area contributed by atoms with Crippen LogP contribution in [-0.2, 0) is 12.8 Å². The number of benzene rings is 3. The van der Waals surface area contributed by atoms with Crippen molar-refractivity contribution in [1.29, 1.82) is 0 Å². The first-order valence-corrected chi connectivity index (χ1v) is 10.3. The highest BCUT2D eigenvalue weighted by Gasteiger charge is 2.27. The SMILES string of the molecule is O=C(N/N=C/c1c(O)c([N+](=O)[O-])cc2oc3c(c12)CCCC3)c1cccc2ccccc12. The third-order valence-corrected chi connectivity index (χ3v) is 5.82. The van der Waals surface area contributed by atoms with Gasteiger partial charge in [-0.3, -0.25) is 14.9 Å². The zero-order valence-electron chi connectivity index (χ0n) is 17.0. The first kappa shape index (κ1) is 19.7. The zero-order valence-corrected chi connectivity index (χ0v) is 17.0. The number of furan rings is 1. The van der Waals surface area contributed by atoms with Crippen molar-refractivity contribution < 1.29 is 19.2 Å². The topological polar surface area (TPSA) is 118 Å². The number of nitro groups is 1. The lowest BCUT2D eigenvalue weighted by Crippen LogP contribution is -2.18. The van der Waals surface area contributed by atoms with Gasteiger partial charge in [0.1, 0.15) is 11.3 Å². The third kappa shape index (κ3) is 3.26. The number of nitro benzene ring substituents is 1. The molecule has 0 aliphatic heterocycles. The maximum Gasteiger partial charge on any atom is 0.315 e. The highest BCUT2D eigenvalue weighted by Crippen LogP contribution is 2.41. The molecular weight excluding hydrogens is 410 g/mol. The van der Waals surface area contributed by atoms with Crippen molar-refractivity contribution in [1.82, 2.24) is 5.43 Å². The molecule has 1 aliphatic carbocycles. The number of hydrogen-bond acceptors (Lipinski definition) is 6. The normalized spacial score (nSPS) is 13.5. The fourth-order valence-corrected chi connectivity index (χ4v) is 4.34. The fourth-order valence-electron chi connectivity index (χ4n) is 4.34. The van der Waals surface area contributed by atoms with Gasteiger partial charge in [0.2, 0.25) is 5.75 Å². The molecule has 1 aromatic heterocycles. The van der Waals surface area contributed by atoms with E-state index in [9.17, 15) is 20.0 Å². The van der Waals surface area contributed by atoms with Crippen LogP contribution in [0.3, 0.4) is 0 Å². The third-order valence-electron chi connectivity index (χ3n) is 5.82. The quantitative estimate of drug-likeness (QED) is 0.273. The Morgan fingerprint density at radius 3 is 2.78 bits per heavy atom. The summed E-state index contributed by atoms with van der Waals surface area (Å²) in [6, 6.07) is 14.1. The van der Waals surface area contributed by atoms with E-state index in [1.165, 1.54) is 12.3 Å². The van der Waals surface area contributed by atoms with Gasteiger partial charge in [-0.25, -0.2) is 5.43 Å². The van der Waals surface area contributed by atoms with Crippen LogP contribution < -0.4 is 5.43 Å². The number of hydrogen-bond donors (Lipinski definition) is 2. The van der Waals surface area contributed by atoms with Crippen molar-refractivity contribution in [3.05, 3.63) is 81.1 Å². The van der Waals surface area contributed by atoms with Crippen molar-refractivity contribution in [3.63, 3.8) is 0 Å². The molecular formula is C24H19N3O5. The summed E-state index contributed by atoms with van der Waals surface area (Å²) < 4.78 is 5.86. The number of carbonyl (C=O) groups excluding carboxylic acids is 1. The molecule has 5 rings (SSSR count). The minimum atomic E-state index is -0.664. The number of nitrogens with one attached hydrogen (secondary N) is 1. The van der Waals surface area contributed by atoms with E-state index in [-0.39, 0.29) is 5.56 Å². The number of phenols is 1. The van der Waals surface area contributed by atoms with Crippen LogP contribution in [0.1, 0.15) is 40.1 Å². The molecule has 0 spiro atoms. The lowest BCUT2D eigenvalue weighted by molar-refractivity contribution is -0.385. The summed E-state index contributed by atoms with van der Waals surface area (Å²) in [6.07, 6.45) is 4.69. The Balaban J connectivity index is 1.54. The number of fused-ring (bicyclic) bond motifs is 4. The maximum atomic E-state index is 12.7. The highest BCUT2D eigenvalue weighted by molar-refractivity contribution is 6.08. The van der Waals surface area contributed by atoms with Gasteiger partial charge in [-0.05, 0) is 36.1 Å². The Kier molecular flexibility index (Phi) is 4.82. The number of nitrogens with zero attached hydrogens (tertiary/aromatic N) is 2. The lowest BCUT2D eigenvalue weighted by Gasteiger charge is -2.10. The average Bonchev–Trinajstić information content (AvgIpc) is 3.18. The number of phenolic OH excluding ortho intramolecular Hbond substituents is 1. The molecule has 0 saturated heterocycles. The van der Waals surface area contributed by atoms with Crippen LogP contribution in [-0.4, -0.2) is 22.2 Å². The summed E-state index contributed by atoms with van der Waals surface area (Å²) in [5.74, 6) is -0.145. The average molecular weight is 429 g/mol. The van der Waals surface area contributed by atoms with E-state index in [0.717, 1.165) is 47.8 Å². The Morgan fingerprint density at radius 1 is 1.16 bits per heavy atom. The molecule has 0 unspecified atom stereocenters. The second-order valence-corrected chi connectivity index (χ2v) is 7.72. The van der Waals surface area contributed by atoms with Gasteiger partial charge in [0, 0.05) is 22.9 Å². The number of carbonyl (C=O) groups is 1. The highest BCUT2D eigenvalue weighted by atomic mass is 16.6. The number of aromatic hydroxyl groups is 1. The number of amides is 1. The van der Waals surface area contributed by atoms with Gasteiger partial charge in [-0.1, -0.05) is 36.4 Å². The van der Waals surface area contributed by atoms with Crippen LogP contribution in [0, 0.1) is 10.1 Å². The van der Waals surface area contributed by atoms with Crippen molar-refractivity contribution in [2.45, 2.75) is 25.7 Å². The molecule has 8 nitrogen and oxygen atoms in total. The van der Waals surface area contributed by atoms with Crippen molar-refractivity contribution >= 4 is 39.6 Å². The van der Waals surface area contributed by atoms with Gasteiger partial charge in [0.15, 0.2) is 0 Å². The van der Waals surface area contributed by atoms with Crippen LogP contribution >= 0.6 is 0 Å². The first-order valence-electron chi connectivity index (χ1n) is 10.3. The second-order valence-electron chi connectivity index (χ2n) is 7.72. The van der Waals surface area contributed by atoms with Crippen molar-refractivity contribution in [3.8, 4) is 5.75 Å². The molecule has 2 N–H and O–H groups in total. The van der Waals surface area contributed by atoms with Gasteiger partial charge in [-0.15, -0.1) is 0 Å². The largest absolute Gasteiger partial charge is 0.502 e. The van der Waals surface area contributed by atoms with E-state index in [1.54, 1.807) is 12.1 Å². The van der Waals surface area contributed by atoms with E-state index >= 15 is 0 Å². The number of aryl methyl sites for hydroxylation is 2. The van der Waals surface area contributed by atoms with Gasteiger partial charge in [0.05, 0.1) is 22.8 Å². The smallest absolute Gasteiger partial charge is 0.315 e. The van der Waals surface area contributed by atoms with Crippen molar-refractivity contribution in [2.75, 3.05) is 0 Å². The lowest BCUT2D eigenvalue weighted by atomic mass is 9.93. The van der Waals surface area contributed by atoms with Gasteiger partial charge >= 0.3 is 5.69 Å². The monoisotopic (exact) mass is 429 g/mol. The van der Waals surface area contributed by atoms with E-state index < -0.39 is 22.3 Å². The Hall–Kier alpha value is -4.20. The Labute approximate surface area is 182 Å². The van der Waals surface area contributed by atoms with Crippen molar-refractivity contribution in [2.24, 2.45) is 5.10 Å². The summed E-state index contributed by atoms with van der Waals surface area (Å²) in [7, 11) is 0. The molecule has 0 fully saturated rings. The Bertz CT molecular complexity index is 1420. The summed E-state index contributed by atoms with van der Waals surface area (Å²) in [5, 5.41) is 28.4. The molecule has 1 amide bonds. The molecule has 4 aromatic rings. The molecule has 0 saturated carbocycles.